The Morgan fingerprint density at radius 3 is 2.62 bits per heavy atom. The Balaban J connectivity index is 1.43. The number of nitrogens with one attached hydrogen (secondary N) is 2. The van der Waals surface area contributed by atoms with Crippen LogP contribution in [0.3, 0.4) is 0 Å². The number of rotatable bonds is 6. The average Bonchev–Trinajstić information content (AvgIpc) is 2.86. The number of pyridine rings is 1. The minimum atomic E-state index is -0.432. The van der Waals surface area contributed by atoms with Crippen LogP contribution >= 0.6 is 11.6 Å². The monoisotopic (exact) mass is 486 g/mol. The van der Waals surface area contributed by atoms with Crippen LogP contribution < -0.4 is 15.4 Å². The molecule has 1 aromatic carbocycles. The fraction of sp³-hybridized carbons (Fsp3) is 0.417. The first-order valence-corrected chi connectivity index (χ1v) is 11.6. The molecular formula is C24H27ClN4O5. The Bertz CT molecular complexity index is 1050. The minimum absolute atomic E-state index is 0.0130. The van der Waals surface area contributed by atoms with Crippen LogP contribution in [-0.2, 0) is 14.3 Å². The number of nitrogens with zero attached hydrogens (tertiary/aromatic N) is 2. The van der Waals surface area contributed by atoms with Crippen LogP contribution in [0.5, 0.6) is 5.75 Å². The smallest absolute Gasteiger partial charge is 0.259 e. The van der Waals surface area contributed by atoms with E-state index in [1.54, 1.807) is 30.3 Å². The van der Waals surface area contributed by atoms with Gasteiger partial charge in [-0.1, -0.05) is 17.7 Å². The van der Waals surface area contributed by atoms with Crippen molar-refractivity contribution in [1.82, 2.24) is 9.88 Å². The highest BCUT2D eigenvalue weighted by molar-refractivity contribution is 6.30. The minimum Gasteiger partial charge on any atom is -0.495 e. The summed E-state index contributed by atoms with van der Waals surface area (Å²) in [6.45, 7) is 1.28. The summed E-state index contributed by atoms with van der Waals surface area (Å²) in [5.74, 6) is -0.0817. The second-order valence-corrected chi connectivity index (χ2v) is 8.77. The molecule has 180 valence electrons. The van der Waals surface area contributed by atoms with E-state index >= 15 is 0 Å². The van der Waals surface area contributed by atoms with Gasteiger partial charge in [0.2, 0.25) is 11.8 Å². The van der Waals surface area contributed by atoms with E-state index in [-0.39, 0.29) is 35.9 Å². The predicted molar refractivity (Wildman–Crippen MR) is 127 cm³/mol. The normalized spacial score (nSPS) is 20.5. The first-order valence-electron chi connectivity index (χ1n) is 11.2. The number of hydrogen-bond acceptors (Lipinski definition) is 6. The van der Waals surface area contributed by atoms with Gasteiger partial charge < -0.3 is 25.0 Å². The van der Waals surface area contributed by atoms with Crippen molar-refractivity contribution in [3.05, 3.63) is 47.1 Å². The van der Waals surface area contributed by atoms with Gasteiger partial charge in [0.25, 0.3) is 5.91 Å². The number of carbonyl (C=O) groups is 3. The number of benzene rings is 1. The van der Waals surface area contributed by atoms with Gasteiger partial charge in [0.15, 0.2) is 0 Å². The zero-order valence-corrected chi connectivity index (χ0v) is 19.6. The van der Waals surface area contributed by atoms with Crippen LogP contribution in [-0.4, -0.2) is 60.5 Å². The van der Waals surface area contributed by atoms with Crippen LogP contribution in [0.4, 0.5) is 11.5 Å². The van der Waals surface area contributed by atoms with E-state index < -0.39 is 5.91 Å². The first kappa shape index (κ1) is 24.0. The molecule has 2 N–H and O–H groups in total. The summed E-state index contributed by atoms with van der Waals surface area (Å²) in [6, 6.07) is 8.34. The molecule has 9 nitrogen and oxygen atoms in total. The number of aromatic nitrogens is 1. The summed E-state index contributed by atoms with van der Waals surface area (Å²) in [4.78, 5) is 44.2. The molecule has 0 unspecified atom stereocenters. The Kier molecular flexibility index (Phi) is 7.64. The topological polar surface area (TPSA) is 110 Å². The van der Waals surface area contributed by atoms with Gasteiger partial charge in [0.1, 0.15) is 18.2 Å². The molecule has 1 saturated carbocycles. The van der Waals surface area contributed by atoms with E-state index in [4.69, 9.17) is 21.1 Å². The molecule has 1 aliphatic heterocycles. The summed E-state index contributed by atoms with van der Waals surface area (Å²) >= 11 is 5.86. The maximum atomic E-state index is 13.1. The zero-order chi connectivity index (χ0) is 24.1. The van der Waals surface area contributed by atoms with E-state index in [1.165, 1.54) is 13.3 Å². The van der Waals surface area contributed by atoms with Gasteiger partial charge in [-0.2, -0.15) is 0 Å². The quantitative estimate of drug-likeness (QED) is 0.648. The lowest BCUT2D eigenvalue weighted by atomic mass is 9.84. The molecule has 2 heterocycles. The first-order chi connectivity index (χ1) is 16.5. The predicted octanol–water partition coefficient (Wildman–Crippen LogP) is 3.35. The molecule has 10 heteroatoms. The van der Waals surface area contributed by atoms with Gasteiger partial charge in [0.05, 0.1) is 30.0 Å². The summed E-state index contributed by atoms with van der Waals surface area (Å²) in [5.41, 5.74) is 0.573. The Labute approximate surface area is 202 Å². The molecule has 1 aromatic heterocycles. The molecule has 0 bridgehead atoms. The van der Waals surface area contributed by atoms with Crippen molar-refractivity contribution < 1.29 is 23.9 Å². The standard InChI is InChI=1S/C24H27ClN4O5/c1-33-19-4-2-3-18(24(32)27-20-10-7-16(25)13-26-20)22(19)28-23(31)15-5-8-17(9-6-15)29-11-12-34-14-21(29)30/h2-4,7,10,13,15,17H,5-6,8-9,11-12,14H2,1H3,(H,28,31)(H,26,27,32)/t15-,17-. The van der Waals surface area contributed by atoms with Gasteiger partial charge >= 0.3 is 0 Å². The van der Waals surface area contributed by atoms with Crippen LogP contribution in [0.2, 0.25) is 5.02 Å². The highest BCUT2D eigenvalue weighted by Gasteiger charge is 2.33. The molecule has 34 heavy (non-hydrogen) atoms. The molecule has 1 aliphatic carbocycles. The zero-order valence-electron chi connectivity index (χ0n) is 18.9. The molecule has 2 aromatic rings. The van der Waals surface area contributed by atoms with Crippen molar-refractivity contribution in [1.29, 1.82) is 0 Å². The summed E-state index contributed by atoms with van der Waals surface area (Å²) in [7, 11) is 1.48. The molecule has 1 saturated heterocycles. The van der Waals surface area contributed by atoms with Crippen molar-refractivity contribution in [3.8, 4) is 5.75 Å². The third-order valence-corrected chi connectivity index (χ3v) is 6.46. The third-order valence-electron chi connectivity index (χ3n) is 6.24. The van der Waals surface area contributed by atoms with Crippen molar-refractivity contribution in [2.24, 2.45) is 5.92 Å². The lowest BCUT2D eigenvalue weighted by Crippen LogP contribution is -2.49. The van der Waals surface area contributed by atoms with Crippen molar-refractivity contribution in [2.45, 2.75) is 31.7 Å². The van der Waals surface area contributed by atoms with E-state index in [9.17, 15) is 14.4 Å². The lowest BCUT2D eigenvalue weighted by Gasteiger charge is -2.38. The Morgan fingerprint density at radius 1 is 1.15 bits per heavy atom. The SMILES string of the molecule is COc1cccc(C(=O)Nc2ccc(Cl)cn2)c1NC(=O)[C@H]1CC[C@H](N2CCOCC2=O)CC1. The number of para-hydroxylation sites is 1. The van der Waals surface area contributed by atoms with E-state index in [2.05, 4.69) is 15.6 Å². The maximum absolute atomic E-state index is 13.1. The van der Waals surface area contributed by atoms with Crippen LogP contribution in [0.25, 0.3) is 0 Å². The van der Waals surface area contributed by atoms with Crippen LogP contribution in [0, 0.1) is 5.92 Å². The van der Waals surface area contributed by atoms with Gasteiger partial charge in [-0.05, 0) is 49.9 Å². The Hall–Kier alpha value is -3.17. The Morgan fingerprint density at radius 2 is 1.94 bits per heavy atom. The highest BCUT2D eigenvalue weighted by Crippen LogP contribution is 2.33. The lowest BCUT2D eigenvalue weighted by molar-refractivity contribution is -0.146. The van der Waals surface area contributed by atoms with Crippen LogP contribution in [0.15, 0.2) is 36.5 Å². The van der Waals surface area contributed by atoms with Crippen molar-refractivity contribution >= 4 is 40.8 Å². The van der Waals surface area contributed by atoms with Crippen molar-refractivity contribution in [3.63, 3.8) is 0 Å². The second kappa shape index (κ2) is 10.8. The van der Waals surface area contributed by atoms with Gasteiger partial charge in [-0.15, -0.1) is 0 Å². The summed E-state index contributed by atoms with van der Waals surface area (Å²) in [5, 5.41) is 6.08. The van der Waals surface area contributed by atoms with E-state index in [1.807, 2.05) is 4.90 Å². The van der Waals surface area contributed by atoms with E-state index in [0.29, 0.717) is 48.3 Å². The molecule has 0 atom stereocenters. The third kappa shape index (κ3) is 5.48. The fourth-order valence-corrected chi connectivity index (χ4v) is 4.56. The van der Waals surface area contributed by atoms with Gasteiger partial charge in [-0.25, -0.2) is 4.98 Å². The molecular weight excluding hydrogens is 460 g/mol. The second-order valence-electron chi connectivity index (χ2n) is 8.33. The summed E-state index contributed by atoms with van der Waals surface area (Å²) < 4.78 is 10.6. The molecule has 0 radical (unpaired) electrons. The number of hydrogen-bond donors (Lipinski definition) is 2. The largest absolute Gasteiger partial charge is 0.495 e. The summed E-state index contributed by atoms with van der Waals surface area (Å²) in [6.07, 6.45) is 4.27. The molecule has 3 amide bonds. The molecule has 0 spiro atoms. The average molecular weight is 487 g/mol. The highest BCUT2D eigenvalue weighted by atomic mass is 35.5. The van der Waals surface area contributed by atoms with Gasteiger partial charge in [0, 0.05) is 24.7 Å². The van der Waals surface area contributed by atoms with Gasteiger partial charge in [-0.3, -0.25) is 14.4 Å². The molecule has 2 aliphatic rings. The fourth-order valence-electron chi connectivity index (χ4n) is 4.44. The maximum Gasteiger partial charge on any atom is 0.259 e. The number of morpholine rings is 1. The number of ether oxygens (including phenoxy) is 2. The number of halogens is 1. The number of methoxy groups -OCH3 is 1. The van der Waals surface area contributed by atoms with Crippen molar-refractivity contribution in [2.75, 3.05) is 37.5 Å². The molecule has 2 fully saturated rings. The number of carbonyl (C=O) groups excluding carboxylic acids is 3. The van der Waals surface area contributed by atoms with E-state index in [0.717, 1.165) is 12.8 Å². The number of anilines is 2. The molecule has 4 rings (SSSR count). The van der Waals surface area contributed by atoms with Crippen LogP contribution in [0.1, 0.15) is 36.0 Å². The number of amides is 3.